The van der Waals surface area contributed by atoms with Gasteiger partial charge < -0.3 is 19.7 Å². The lowest BCUT2D eigenvalue weighted by Crippen LogP contribution is -2.23. The maximum atomic E-state index is 13.5. The fourth-order valence-corrected chi connectivity index (χ4v) is 4.32. The molecule has 0 atom stereocenters. The zero-order valence-corrected chi connectivity index (χ0v) is 22.9. The van der Waals surface area contributed by atoms with Crippen molar-refractivity contribution in [3.05, 3.63) is 76.0 Å². The molecule has 1 heterocycles. The Morgan fingerprint density at radius 3 is 2.49 bits per heavy atom. The molecule has 0 aliphatic heterocycles. The zero-order valence-electron chi connectivity index (χ0n) is 22.9. The van der Waals surface area contributed by atoms with Gasteiger partial charge in [-0.3, -0.25) is 10.2 Å². The number of nitrogens with one attached hydrogen (secondary N) is 1. The minimum atomic E-state index is -0.271. The summed E-state index contributed by atoms with van der Waals surface area (Å²) < 4.78 is 19.2. The first-order valence-electron chi connectivity index (χ1n) is 13.1. The van der Waals surface area contributed by atoms with Crippen LogP contribution in [-0.2, 0) is 24.8 Å². The van der Waals surface area contributed by atoms with Gasteiger partial charge in [0.25, 0.3) is 0 Å². The van der Waals surface area contributed by atoms with Crippen molar-refractivity contribution in [1.82, 2.24) is 4.74 Å². The molecular weight excluding hydrogens is 466 g/mol. The summed E-state index contributed by atoms with van der Waals surface area (Å²) in [5.41, 5.74) is 8.91. The van der Waals surface area contributed by atoms with E-state index < -0.39 is 0 Å². The predicted octanol–water partition coefficient (Wildman–Crippen LogP) is 5.41. The highest BCUT2D eigenvalue weighted by molar-refractivity contribution is 5.97. The molecular formula is C30H41N3O4. The van der Waals surface area contributed by atoms with Crippen molar-refractivity contribution in [3.63, 3.8) is 0 Å². The third-order valence-electron chi connectivity index (χ3n) is 6.33. The monoisotopic (exact) mass is 507 g/mol. The Kier molecular flexibility index (Phi) is 9.75. The van der Waals surface area contributed by atoms with E-state index in [1.807, 2.05) is 36.4 Å². The number of nitrogens with zero attached hydrogens (tertiary/aromatic N) is 1. The Morgan fingerprint density at radius 1 is 1.14 bits per heavy atom. The predicted molar refractivity (Wildman–Crippen MR) is 146 cm³/mol. The lowest BCUT2D eigenvalue weighted by molar-refractivity contribution is 0.0921. The molecule has 0 amide bonds. The number of aryl methyl sites for hydroxylation is 1. The molecule has 0 aliphatic carbocycles. The standard InChI is InChI=1S/C30H41N3O4/c1-6-12-26-23(17-21-13-8-7-9-14-21)29(32)33(37-26)20-25(34)22-18-24(30(2,3)4)28(35-5)27(19-22)36-16-11-10-15-31/h7-9,13-14,18-19,32H,6,10-12,15-17,20,31H2,1-5H3. The van der Waals surface area contributed by atoms with E-state index in [9.17, 15) is 4.79 Å². The van der Waals surface area contributed by atoms with Crippen LogP contribution < -0.4 is 20.7 Å². The number of nitrogens with two attached hydrogens (primary N) is 1. The van der Waals surface area contributed by atoms with Crippen molar-refractivity contribution < 1.29 is 18.8 Å². The van der Waals surface area contributed by atoms with Crippen LogP contribution in [0.4, 0.5) is 0 Å². The number of carbonyl (C=O) groups is 1. The van der Waals surface area contributed by atoms with Gasteiger partial charge >= 0.3 is 0 Å². The molecule has 1 aromatic heterocycles. The normalized spacial score (nSPS) is 11.5. The average Bonchev–Trinajstić information content (AvgIpc) is 3.15. The Balaban J connectivity index is 1.95. The highest BCUT2D eigenvalue weighted by atomic mass is 16.5. The third-order valence-corrected chi connectivity index (χ3v) is 6.33. The summed E-state index contributed by atoms with van der Waals surface area (Å²) in [5, 5.41) is 8.79. The van der Waals surface area contributed by atoms with Crippen LogP contribution >= 0.6 is 0 Å². The van der Waals surface area contributed by atoms with E-state index in [2.05, 4.69) is 27.7 Å². The number of hydrogen-bond donors (Lipinski definition) is 2. The molecule has 0 unspecified atom stereocenters. The van der Waals surface area contributed by atoms with E-state index in [0.29, 0.717) is 43.1 Å². The number of benzene rings is 2. The molecule has 0 bridgehead atoms. The molecule has 200 valence electrons. The van der Waals surface area contributed by atoms with Crippen molar-refractivity contribution >= 4 is 5.78 Å². The summed E-state index contributed by atoms with van der Waals surface area (Å²) in [6.45, 7) is 9.34. The molecule has 3 N–H and O–H groups in total. The number of unbranched alkanes of at least 4 members (excludes halogenated alkanes) is 1. The molecule has 2 aromatic carbocycles. The fourth-order valence-electron chi connectivity index (χ4n) is 4.32. The minimum absolute atomic E-state index is 0.0626. The highest BCUT2D eigenvalue weighted by Crippen LogP contribution is 2.40. The van der Waals surface area contributed by atoms with Gasteiger partial charge in [0.2, 0.25) is 0 Å². The molecule has 3 rings (SSSR count). The van der Waals surface area contributed by atoms with E-state index in [4.69, 9.17) is 25.1 Å². The van der Waals surface area contributed by atoms with Crippen LogP contribution in [0.25, 0.3) is 0 Å². The average molecular weight is 508 g/mol. The molecule has 37 heavy (non-hydrogen) atoms. The Bertz CT molecular complexity index is 1240. The lowest BCUT2D eigenvalue weighted by atomic mass is 9.84. The number of methoxy groups -OCH3 is 1. The van der Waals surface area contributed by atoms with Crippen molar-refractivity contribution in [2.45, 2.75) is 71.8 Å². The second kappa shape index (κ2) is 12.8. The van der Waals surface area contributed by atoms with Gasteiger partial charge in [0, 0.05) is 29.5 Å². The van der Waals surface area contributed by atoms with Crippen LogP contribution in [0.5, 0.6) is 11.5 Å². The Labute approximate surface area is 220 Å². The van der Waals surface area contributed by atoms with E-state index >= 15 is 0 Å². The van der Waals surface area contributed by atoms with Crippen LogP contribution in [0.15, 0.2) is 47.0 Å². The van der Waals surface area contributed by atoms with Gasteiger partial charge in [0.1, 0.15) is 12.3 Å². The van der Waals surface area contributed by atoms with E-state index in [0.717, 1.165) is 41.7 Å². The smallest absolute Gasteiger partial charge is 0.185 e. The number of aromatic nitrogens is 1. The van der Waals surface area contributed by atoms with Gasteiger partial charge in [-0.05, 0) is 48.9 Å². The minimum Gasteiger partial charge on any atom is -0.493 e. The molecule has 7 nitrogen and oxygen atoms in total. The SMILES string of the molecule is CCCc1on(CC(=O)c2cc(OCCCCN)c(OC)c(C(C)(C)C)c2)c(=N)c1Cc1ccccc1. The molecule has 0 spiro atoms. The molecule has 0 saturated carbocycles. The Hall–Kier alpha value is -3.32. The second-order valence-corrected chi connectivity index (χ2v) is 10.4. The van der Waals surface area contributed by atoms with Gasteiger partial charge in [0.15, 0.2) is 22.8 Å². The van der Waals surface area contributed by atoms with Crippen LogP contribution in [0, 0.1) is 5.41 Å². The lowest BCUT2D eigenvalue weighted by Gasteiger charge is -2.25. The maximum Gasteiger partial charge on any atom is 0.185 e. The number of ketones is 1. The summed E-state index contributed by atoms with van der Waals surface area (Å²) in [4.78, 5) is 13.5. The molecule has 0 aliphatic rings. The Morgan fingerprint density at radius 2 is 1.86 bits per heavy atom. The second-order valence-electron chi connectivity index (χ2n) is 10.4. The number of hydrogen-bond acceptors (Lipinski definition) is 6. The number of rotatable bonds is 13. The van der Waals surface area contributed by atoms with Gasteiger partial charge in [-0.1, -0.05) is 58.0 Å². The third kappa shape index (κ3) is 7.13. The molecule has 7 heteroatoms. The van der Waals surface area contributed by atoms with Crippen molar-refractivity contribution in [1.29, 1.82) is 5.41 Å². The summed E-state index contributed by atoms with van der Waals surface area (Å²) in [7, 11) is 1.62. The van der Waals surface area contributed by atoms with E-state index in [1.54, 1.807) is 13.2 Å². The number of ether oxygens (including phenoxy) is 2. The van der Waals surface area contributed by atoms with E-state index in [-0.39, 0.29) is 23.2 Å². The topological polar surface area (TPSA) is 103 Å². The first-order valence-corrected chi connectivity index (χ1v) is 13.1. The van der Waals surface area contributed by atoms with Gasteiger partial charge in [0.05, 0.1) is 13.7 Å². The summed E-state index contributed by atoms with van der Waals surface area (Å²) >= 11 is 0. The van der Waals surface area contributed by atoms with Crippen LogP contribution in [-0.4, -0.2) is 30.8 Å². The molecule has 3 aromatic rings. The molecule has 0 radical (unpaired) electrons. The van der Waals surface area contributed by atoms with Crippen LogP contribution in [0.1, 0.15) is 79.8 Å². The van der Waals surface area contributed by atoms with Crippen LogP contribution in [0.2, 0.25) is 0 Å². The quantitative estimate of drug-likeness (QED) is 0.238. The summed E-state index contributed by atoms with van der Waals surface area (Å²) in [6.07, 6.45) is 3.88. The first-order chi connectivity index (χ1) is 17.7. The number of carbonyl (C=O) groups excluding carboxylic acids is 1. The maximum absolute atomic E-state index is 13.5. The van der Waals surface area contributed by atoms with E-state index in [1.165, 1.54) is 4.74 Å². The zero-order chi connectivity index (χ0) is 27.0. The first kappa shape index (κ1) is 28.3. The summed E-state index contributed by atoms with van der Waals surface area (Å²) in [5.74, 6) is 1.79. The van der Waals surface area contributed by atoms with Gasteiger partial charge in [-0.2, -0.15) is 4.74 Å². The number of Topliss-reactive ketones (excluding diaryl/α,β-unsaturated/α-hetero) is 1. The van der Waals surface area contributed by atoms with Gasteiger partial charge in [-0.25, -0.2) is 0 Å². The largest absolute Gasteiger partial charge is 0.493 e. The summed E-state index contributed by atoms with van der Waals surface area (Å²) in [6, 6.07) is 13.6. The van der Waals surface area contributed by atoms with Crippen LogP contribution in [0.3, 0.4) is 0 Å². The highest BCUT2D eigenvalue weighted by Gasteiger charge is 2.26. The van der Waals surface area contributed by atoms with Gasteiger partial charge in [-0.15, -0.1) is 0 Å². The van der Waals surface area contributed by atoms with Crippen molar-refractivity contribution in [2.75, 3.05) is 20.3 Å². The molecule has 0 saturated heterocycles. The molecule has 0 fully saturated rings. The fraction of sp³-hybridized carbons (Fsp3) is 0.467. The van der Waals surface area contributed by atoms with Crippen molar-refractivity contribution in [3.8, 4) is 11.5 Å². The van der Waals surface area contributed by atoms with Crippen molar-refractivity contribution in [2.24, 2.45) is 5.73 Å².